The number of amides is 1. The van der Waals surface area contributed by atoms with Gasteiger partial charge in [-0.15, -0.1) is 0 Å². The van der Waals surface area contributed by atoms with Gasteiger partial charge >= 0.3 is 11.8 Å². The van der Waals surface area contributed by atoms with Gasteiger partial charge in [-0.3, -0.25) is 14.9 Å². The lowest BCUT2D eigenvalue weighted by atomic mass is 10.3. The Morgan fingerprint density at radius 1 is 1.39 bits per heavy atom. The van der Waals surface area contributed by atoms with Crippen molar-refractivity contribution >= 4 is 33.3 Å². The van der Waals surface area contributed by atoms with Crippen molar-refractivity contribution in [3.63, 3.8) is 0 Å². The highest BCUT2D eigenvalue weighted by Gasteiger charge is 2.18. The molecule has 0 spiro atoms. The third kappa shape index (κ3) is 2.63. The lowest BCUT2D eigenvalue weighted by Crippen LogP contribution is -2.13. The van der Waals surface area contributed by atoms with Crippen molar-refractivity contribution in [1.29, 1.82) is 0 Å². The molecule has 23 heavy (non-hydrogen) atoms. The standard InChI is InChI=1S/C13H7F2N3O4S/c1-17-11-7(15)4-6(14)5-9(11)23-13(17)16-12(19)8-2-3-10(22-8)18(20)21/h2-5H,1H3. The van der Waals surface area contributed by atoms with E-state index in [9.17, 15) is 23.7 Å². The molecule has 118 valence electrons. The van der Waals surface area contributed by atoms with Crippen LogP contribution in [-0.4, -0.2) is 15.4 Å². The number of aromatic nitrogens is 1. The zero-order valence-corrected chi connectivity index (χ0v) is 12.3. The number of benzene rings is 1. The van der Waals surface area contributed by atoms with Crippen molar-refractivity contribution in [2.75, 3.05) is 0 Å². The first-order valence-electron chi connectivity index (χ1n) is 6.14. The molecular formula is C13H7F2N3O4S. The number of nitro groups is 1. The summed E-state index contributed by atoms with van der Waals surface area (Å²) in [7, 11) is 1.47. The van der Waals surface area contributed by atoms with E-state index in [1.807, 2.05) is 0 Å². The predicted molar refractivity (Wildman–Crippen MR) is 76.0 cm³/mol. The largest absolute Gasteiger partial charge is 0.433 e. The van der Waals surface area contributed by atoms with Crippen LogP contribution in [0.4, 0.5) is 14.7 Å². The van der Waals surface area contributed by atoms with Crippen molar-refractivity contribution < 1.29 is 22.9 Å². The number of hydrogen-bond acceptors (Lipinski definition) is 5. The minimum Gasteiger partial charge on any atom is -0.395 e. The molecule has 0 aliphatic heterocycles. The van der Waals surface area contributed by atoms with E-state index in [2.05, 4.69) is 4.99 Å². The summed E-state index contributed by atoms with van der Waals surface area (Å²) in [5.74, 6) is -3.28. The molecule has 3 aromatic rings. The Morgan fingerprint density at radius 2 is 2.13 bits per heavy atom. The number of rotatable bonds is 2. The number of halogens is 2. The maximum Gasteiger partial charge on any atom is 0.433 e. The molecule has 10 heteroatoms. The third-order valence-corrected chi connectivity index (χ3v) is 4.08. The highest BCUT2D eigenvalue weighted by atomic mass is 32.1. The number of carbonyl (C=O) groups excluding carboxylic acids is 1. The average Bonchev–Trinajstić information content (AvgIpc) is 3.05. The van der Waals surface area contributed by atoms with Crippen LogP contribution in [0.15, 0.2) is 33.7 Å². The Morgan fingerprint density at radius 3 is 2.78 bits per heavy atom. The predicted octanol–water partition coefficient (Wildman–Crippen LogP) is 2.76. The van der Waals surface area contributed by atoms with Crippen LogP contribution in [0.1, 0.15) is 10.6 Å². The van der Waals surface area contributed by atoms with Crippen molar-refractivity contribution in [3.05, 3.63) is 56.6 Å². The summed E-state index contributed by atoms with van der Waals surface area (Å²) in [6.45, 7) is 0. The first-order valence-corrected chi connectivity index (χ1v) is 6.96. The van der Waals surface area contributed by atoms with Gasteiger partial charge in [-0.2, -0.15) is 4.99 Å². The third-order valence-electron chi connectivity index (χ3n) is 3.00. The quantitative estimate of drug-likeness (QED) is 0.530. The minimum atomic E-state index is -0.860. The van der Waals surface area contributed by atoms with E-state index in [0.717, 1.165) is 35.6 Å². The van der Waals surface area contributed by atoms with E-state index in [1.165, 1.54) is 11.6 Å². The van der Waals surface area contributed by atoms with Crippen LogP contribution in [0.5, 0.6) is 0 Å². The molecule has 1 aromatic carbocycles. The number of fused-ring (bicyclic) bond motifs is 1. The van der Waals surface area contributed by atoms with Crippen molar-refractivity contribution in [3.8, 4) is 0 Å². The SMILES string of the molecule is Cn1c(=NC(=O)c2ccc([N+](=O)[O-])o2)sc2cc(F)cc(F)c21. The van der Waals surface area contributed by atoms with Crippen LogP contribution >= 0.6 is 11.3 Å². The zero-order valence-electron chi connectivity index (χ0n) is 11.4. The second-order valence-corrected chi connectivity index (χ2v) is 5.50. The van der Waals surface area contributed by atoms with Gasteiger partial charge < -0.3 is 8.98 Å². The molecule has 1 amide bonds. The van der Waals surface area contributed by atoms with Gasteiger partial charge in [0.15, 0.2) is 10.6 Å². The molecule has 0 radical (unpaired) electrons. The summed E-state index contributed by atoms with van der Waals surface area (Å²) in [6.07, 6.45) is 0. The fourth-order valence-electron chi connectivity index (χ4n) is 1.99. The molecule has 0 N–H and O–H groups in total. The monoisotopic (exact) mass is 339 g/mol. The molecule has 2 aromatic heterocycles. The van der Waals surface area contributed by atoms with E-state index < -0.39 is 28.3 Å². The number of nitrogens with zero attached hydrogens (tertiary/aromatic N) is 3. The number of furan rings is 1. The Kier molecular flexibility index (Phi) is 3.52. The molecule has 0 aliphatic carbocycles. The summed E-state index contributed by atoms with van der Waals surface area (Å²) in [6, 6.07) is 4.01. The first-order chi connectivity index (χ1) is 10.9. The van der Waals surface area contributed by atoms with Crippen LogP contribution in [0, 0.1) is 21.7 Å². The summed E-state index contributed by atoms with van der Waals surface area (Å²) in [5.41, 5.74) is 0.105. The number of hydrogen-bond donors (Lipinski definition) is 0. The molecule has 2 heterocycles. The lowest BCUT2D eigenvalue weighted by Gasteiger charge is -1.97. The Labute approximate surface area is 130 Å². The number of carbonyl (C=O) groups is 1. The number of aryl methyl sites for hydroxylation is 1. The summed E-state index contributed by atoms with van der Waals surface area (Å²) >= 11 is 0.908. The maximum absolute atomic E-state index is 13.8. The van der Waals surface area contributed by atoms with Crippen LogP contribution < -0.4 is 4.80 Å². The molecule has 7 nitrogen and oxygen atoms in total. The van der Waals surface area contributed by atoms with E-state index in [4.69, 9.17) is 4.42 Å². The van der Waals surface area contributed by atoms with Crippen molar-refractivity contribution in [2.45, 2.75) is 0 Å². The molecule has 0 saturated carbocycles. The summed E-state index contributed by atoms with van der Waals surface area (Å²) in [4.78, 5) is 25.6. The highest BCUT2D eigenvalue weighted by molar-refractivity contribution is 7.16. The zero-order chi connectivity index (χ0) is 16.7. The molecule has 0 bridgehead atoms. The van der Waals surface area contributed by atoms with Crippen LogP contribution in [0.25, 0.3) is 10.2 Å². The van der Waals surface area contributed by atoms with Crippen LogP contribution in [0.2, 0.25) is 0 Å². The van der Waals surface area contributed by atoms with Gasteiger partial charge in [-0.05, 0) is 12.1 Å². The van der Waals surface area contributed by atoms with Crippen LogP contribution in [0.3, 0.4) is 0 Å². The molecule has 0 aliphatic rings. The fraction of sp³-hybridized carbons (Fsp3) is 0.0769. The van der Waals surface area contributed by atoms with E-state index >= 15 is 0 Å². The van der Waals surface area contributed by atoms with Gasteiger partial charge in [0.1, 0.15) is 10.7 Å². The van der Waals surface area contributed by atoms with E-state index in [1.54, 1.807) is 0 Å². The lowest BCUT2D eigenvalue weighted by molar-refractivity contribution is -0.402. The van der Waals surface area contributed by atoms with Gasteiger partial charge in [0, 0.05) is 13.1 Å². The number of thiazole rings is 1. The average molecular weight is 339 g/mol. The van der Waals surface area contributed by atoms with Gasteiger partial charge in [0.25, 0.3) is 0 Å². The molecule has 0 unspecified atom stereocenters. The summed E-state index contributed by atoms with van der Waals surface area (Å²) < 4.78 is 33.4. The first kappa shape index (κ1) is 15.0. The Hall–Kier alpha value is -2.88. The Balaban J connectivity index is 2.10. The summed E-state index contributed by atoms with van der Waals surface area (Å²) in [5, 5.41) is 10.5. The molecule has 3 rings (SSSR count). The van der Waals surface area contributed by atoms with E-state index in [0.29, 0.717) is 0 Å². The van der Waals surface area contributed by atoms with Gasteiger partial charge in [0.05, 0.1) is 16.3 Å². The van der Waals surface area contributed by atoms with Crippen LogP contribution in [-0.2, 0) is 7.05 Å². The molecular weight excluding hydrogens is 332 g/mol. The Bertz CT molecular complexity index is 1020. The van der Waals surface area contributed by atoms with E-state index in [-0.39, 0.29) is 20.8 Å². The highest BCUT2D eigenvalue weighted by Crippen LogP contribution is 2.22. The van der Waals surface area contributed by atoms with Crippen molar-refractivity contribution in [1.82, 2.24) is 4.57 Å². The molecule has 0 fully saturated rings. The normalized spacial score (nSPS) is 12.0. The smallest absolute Gasteiger partial charge is 0.395 e. The maximum atomic E-state index is 13.8. The van der Waals surface area contributed by atoms with Crippen molar-refractivity contribution in [2.24, 2.45) is 12.0 Å². The van der Waals surface area contributed by atoms with Gasteiger partial charge in [0.2, 0.25) is 5.76 Å². The topological polar surface area (TPSA) is 90.6 Å². The second-order valence-electron chi connectivity index (χ2n) is 4.49. The fourth-order valence-corrected chi connectivity index (χ4v) is 3.04. The minimum absolute atomic E-state index is 0.105. The molecule has 0 saturated heterocycles. The second kappa shape index (κ2) is 5.39. The van der Waals surface area contributed by atoms with Gasteiger partial charge in [-0.25, -0.2) is 8.78 Å². The van der Waals surface area contributed by atoms with Gasteiger partial charge in [-0.1, -0.05) is 11.3 Å². The molecule has 0 atom stereocenters.